The lowest BCUT2D eigenvalue weighted by Crippen LogP contribution is -2.50. The van der Waals surface area contributed by atoms with Gasteiger partial charge in [0.15, 0.2) is 0 Å². The van der Waals surface area contributed by atoms with Gasteiger partial charge in [0.25, 0.3) is 0 Å². The Morgan fingerprint density at radius 3 is 2.68 bits per heavy atom. The number of piperazine rings is 1. The van der Waals surface area contributed by atoms with E-state index in [1.807, 2.05) is 18.2 Å². The second-order valence-electron chi connectivity index (χ2n) is 6.37. The van der Waals surface area contributed by atoms with Gasteiger partial charge in [-0.15, -0.1) is 0 Å². The average Bonchev–Trinajstić information content (AvgIpc) is 2.54. The van der Waals surface area contributed by atoms with E-state index in [-0.39, 0.29) is 5.92 Å². The van der Waals surface area contributed by atoms with Crippen LogP contribution < -0.4 is 5.32 Å². The topological polar surface area (TPSA) is 44.7 Å². The molecule has 122 valence electrons. The highest BCUT2D eigenvalue weighted by Crippen LogP contribution is 2.37. The molecule has 1 aromatic rings. The van der Waals surface area contributed by atoms with Crippen LogP contribution in [0, 0.1) is 0 Å². The molecule has 2 fully saturated rings. The maximum Gasteiger partial charge on any atom is 0.0772 e. The van der Waals surface area contributed by atoms with Crippen molar-refractivity contribution in [1.82, 2.24) is 10.2 Å². The summed E-state index contributed by atoms with van der Waals surface area (Å²) in [4.78, 5) is 2.44. The fraction of sp³-hybridized carbons (Fsp3) is 0.647. The van der Waals surface area contributed by atoms with Crippen LogP contribution in [0.5, 0.6) is 0 Å². The van der Waals surface area contributed by atoms with Gasteiger partial charge in [0.05, 0.1) is 5.60 Å². The quantitative estimate of drug-likeness (QED) is 0.887. The maximum atomic E-state index is 11.2. The molecule has 1 aromatic carbocycles. The van der Waals surface area contributed by atoms with E-state index in [1.165, 1.54) is 0 Å². The van der Waals surface area contributed by atoms with Gasteiger partial charge >= 0.3 is 0 Å². The number of ether oxygens (including phenoxy) is 1. The number of aliphatic hydroxyl groups is 1. The minimum absolute atomic E-state index is 0.0770. The van der Waals surface area contributed by atoms with Crippen molar-refractivity contribution in [3.05, 3.63) is 34.9 Å². The summed E-state index contributed by atoms with van der Waals surface area (Å²) in [5, 5.41) is 15.4. The van der Waals surface area contributed by atoms with Crippen LogP contribution in [0.3, 0.4) is 0 Å². The fourth-order valence-corrected chi connectivity index (χ4v) is 3.73. The molecule has 0 aliphatic carbocycles. The summed E-state index contributed by atoms with van der Waals surface area (Å²) in [5.74, 6) is 0.0770. The van der Waals surface area contributed by atoms with Crippen molar-refractivity contribution in [2.75, 3.05) is 45.9 Å². The van der Waals surface area contributed by atoms with E-state index < -0.39 is 5.60 Å². The Kier molecular flexibility index (Phi) is 5.37. The molecule has 0 aromatic heterocycles. The van der Waals surface area contributed by atoms with Crippen LogP contribution in [0.4, 0.5) is 0 Å². The Morgan fingerprint density at radius 1 is 1.27 bits per heavy atom. The Labute approximate surface area is 137 Å². The molecule has 2 saturated heterocycles. The number of hydrogen-bond donors (Lipinski definition) is 2. The molecule has 2 N–H and O–H groups in total. The molecule has 3 rings (SSSR count). The highest BCUT2D eigenvalue weighted by molar-refractivity contribution is 6.30. The van der Waals surface area contributed by atoms with E-state index in [1.54, 1.807) is 0 Å². The van der Waals surface area contributed by atoms with E-state index in [9.17, 15) is 5.11 Å². The summed E-state index contributed by atoms with van der Waals surface area (Å²) in [6.45, 7) is 6.24. The SMILES string of the molecule is OC1(C(CN2CCNCC2)c2cccc(Cl)c2)CCOCC1. The second kappa shape index (κ2) is 7.28. The van der Waals surface area contributed by atoms with Gasteiger partial charge in [0.2, 0.25) is 0 Å². The van der Waals surface area contributed by atoms with Crippen molar-refractivity contribution in [2.45, 2.75) is 24.4 Å². The van der Waals surface area contributed by atoms with Crippen LogP contribution in [-0.4, -0.2) is 61.5 Å². The maximum absolute atomic E-state index is 11.2. The van der Waals surface area contributed by atoms with Gasteiger partial charge in [-0.05, 0) is 17.7 Å². The Balaban J connectivity index is 1.83. The number of hydrogen-bond acceptors (Lipinski definition) is 4. The average molecular weight is 325 g/mol. The predicted octanol–water partition coefficient (Wildman–Crippen LogP) is 1.87. The normalized spacial score (nSPS) is 24.1. The molecule has 0 radical (unpaired) electrons. The van der Waals surface area contributed by atoms with Gasteiger partial charge in [-0.3, -0.25) is 0 Å². The summed E-state index contributed by atoms with van der Waals surface area (Å²) in [6.07, 6.45) is 1.38. The zero-order valence-electron chi connectivity index (χ0n) is 12.9. The number of nitrogens with zero attached hydrogens (tertiary/aromatic N) is 1. The summed E-state index contributed by atoms with van der Waals surface area (Å²) in [7, 11) is 0. The molecule has 2 aliphatic rings. The first-order valence-electron chi connectivity index (χ1n) is 8.16. The smallest absolute Gasteiger partial charge is 0.0772 e. The number of rotatable bonds is 4. The van der Waals surface area contributed by atoms with Gasteiger partial charge in [-0.2, -0.15) is 0 Å². The summed E-state index contributed by atoms with van der Waals surface area (Å²) < 4.78 is 5.45. The molecule has 0 saturated carbocycles. The van der Waals surface area contributed by atoms with Crippen LogP contribution in [0.1, 0.15) is 24.3 Å². The van der Waals surface area contributed by atoms with Gasteiger partial charge in [-0.25, -0.2) is 0 Å². The van der Waals surface area contributed by atoms with Crippen LogP contribution in [0.15, 0.2) is 24.3 Å². The van der Waals surface area contributed by atoms with Crippen molar-refractivity contribution >= 4 is 11.6 Å². The number of halogens is 1. The zero-order valence-corrected chi connectivity index (χ0v) is 13.7. The lowest BCUT2D eigenvalue weighted by atomic mass is 9.76. The Morgan fingerprint density at radius 2 is 2.00 bits per heavy atom. The van der Waals surface area contributed by atoms with Crippen LogP contribution in [-0.2, 0) is 4.74 Å². The molecule has 22 heavy (non-hydrogen) atoms. The molecule has 4 nitrogen and oxygen atoms in total. The van der Waals surface area contributed by atoms with Crippen molar-refractivity contribution < 1.29 is 9.84 Å². The molecule has 2 heterocycles. The van der Waals surface area contributed by atoms with Crippen molar-refractivity contribution in [3.8, 4) is 0 Å². The molecule has 1 atom stereocenters. The molecule has 0 amide bonds. The third kappa shape index (κ3) is 3.81. The zero-order chi connectivity index (χ0) is 15.4. The molecule has 5 heteroatoms. The lowest BCUT2D eigenvalue weighted by molar-refractivity contribution is -0.0851. The third-order valence-corrected chi connectivity index (χ3v) is 5.14. The fourth-order valence-electron chi connectivity index (χ4n) is 3.53. The van der Waals surface area contributed by atoms with Crippen LogP contribution in [0.25, 0.3) is 0 Å². The lowest BCUT2D eigenvalue weighted by Gasteiger charge is -2.42. The second-order valence-corrected chi connectivity index (χ2v) is 6.81. The summed E-state index contributed by atoms with van der Waals surface area (Å²) in [6, 6.07) is 7.96. The first-order valence-corrected chi connectivity index (χ1v) is 8.54. The van der Waals surface area contributed by atoms with Crippen molar-refractivity contribution in [2.24, 2.45) is 0 Å². The minimum atomic E-state index is -0.701. The van der Waals surface area contributed by atoms with Crippen LogP contribution >= 0.6 is 11.6 Å². The van der Waals surface area contributed by atoms with Gasteiger partial charge in [0, 0.05) is 69.7 Å². The van der Waals surface area contributed by atoms with E-state index in [2.05, 4.69) is 16.3 Å². The molecular weight excluding hydrogens is 300 g/mol. The van der Waals surface area contributed by atoms with Crippen molar-refractivity contribution in [3.63, 3.8) is 0 Å². The first-order chi connectivity index (χ1) is 10.7. The highest BCUT2D eigenvalue weighted by Gasteiger charge is 2.40. The third-order valence-electron chi connectivity index (χ3n) is 4.91. The van der Waals surface area contributed by atoms with Crippen LogP contribution in [0.2, 0.25) is 5.02 Å². The molecule has 2 aliphatic heterocycles. The van der Waals surface area contributed by atoms with Gasteiger partial charge in [-0.1, -0.05) is 23.7 Å². The first kappa shape index (κ1) is 16.2. The molecule has 0 spiro atoms. The summed E-state index contributed by atoms with van der Waals surface area (Å²) >= 11 is 6.19. The Hall–Kier alpha value is -0.650. The standard InChI is InChI=1S/C17H25ClN2O2/c18-15-3-1-2-14(12-15)16(13-20-8-6-19-7-9-20)17(21)4-10-22-11-5-17/h1-3,12,16,19,21H,4-11,13H2. The van der Waals surface area contributed by atoms with E-state index in [0.29, 0.717) is 26.1 Å². The Bertz CT molecular complexity index is 485. The molecular formula is C17H25ClN2O2. The van der Waals surface area contributed by atoms with Crippen molar-refractivity contribution in [1.29, 1.82) is 0 Å². The van der Waals surface area contributed by atoms with E-state index >= 15 is 0 Å². The largest absolute Gasteiger partial charge is 0.389 e. The minimum Gasteiger partial charge on any atom is -0.389 e. The highest BCUT2D eigenvalue weighted by atomic mass is 35.5. The predicted molar refractivity (Wildman–Crippen MR) is 88.5 cm³/mol. The van der Waals surface area contributed by atoms with Gasteiger partial charge < -0.3 is 20.1 Å². The van der Waals surface area contributed by atoms with Gasteiger partial charge in [0.1, 0.15) is 0 Å². The van der Waals surface area contributed by atoms with E-state index in [4.69, 9.17) is 16.3 Å². The number of benzene rings is 1. The molecule has 1 unspecified atom stereocenters. The monoisotopic (exact) mass is 324 g/mol. The molecule has 0 bridgehead atoms. The van der Waals surface area contributed by atoms with E-state index in [0.717, 1.165) is 43.3 Å². The summed E-state index contributed by atoms with van der Waals surface area (Å²) in [5.41, 5.74) is 0.434. The number of nitrogens with one attached hydrogen (secondary N) is 1.